The molecule has 0 saturated heterocycles. The molecule has 0 unspecified atom stereocenters. The molecule has 4 rings (SSSR count). The van der Waals surface area contributed by atoms with Gasteiger partial charge in [-0.2, -0.15) is 0 Å². The Bertz CT molecular complexity index is 668. The van der Waals surface area contributed by atoms with E-state index in [9.17, 15) is 10.1 Å². The Morgan fingerprint density at radius 1 is 0.950 bits per heavy atom. The summed E-state index contributed by atoms with van der Waals surface area (Å²) in [7, 11) is 0. The van der Waals surface area contributed by atoms with Crippen LogP contribution in [0.1, 0.15) is 28.5 Å². The highest BCUT2D eigenvalue weighted by molar-refractivity contribution is 5.45. The normalized spacial score (nSPS) is 30.2. The van der Waals surface area contributed by atoms with Gasteiger partial charge < -0.3 is 0 Å². The van der Waals surface area contributed by atoms with Crippen molar-refractivity contribution < 1.29 is 4.92 Å². The first kappa shape index (κ1) is 11.6. The van der Waals surface area contributed by atoms with E-state index in [0.717, 1.165) is 12.0 Å². The summed E-state index contributed by atoms with van der Waals surface area (Å²) in [6, 6.07) is 17.9. The zero-order chi connectivity index (χ0) is 13.7. The van der Waals surface area contributed by atoms with Crippen LogP contribution in [0.4, 0.5) is 0 Å². The predicted molar refractivity (Wildman–Crippen MR) is 76.3 cm³/mol. The van der Waals surface area contributed by atoms with Crippen molar-refractivity contribution in [1.29, 1.82) is 0 Å². The summed E-state index contributed by atoms with van der Waals surface area (Å²) in [5.41, 5.74) is 3.73. The van der Waals surface area contributed by atoms with E-state index in [1.54, 1.807) is 0 Å². The second kappa shape index (κ2) is 4.17. The molecule has 0 amide bonds. The lowest BCUT2D eigenvalue weighted by Gasteiger charge is -2.43. The van der Waals surface area contributed by atoms with E-state index < -0.39 is 6.04 Å². The van der Waals surface area contributed by atoms with Crippen LogP contribution in [0.25, 0.3) is 0 Å². The first-order valence-electron chi connectivity index (χ1n) is 7.03. The molecule has 3 nitrogen and oxygen atoms in total. The van der Waals surface area contributed by atoms with Gasteiger partial charge in [0.25, 0.3) is 0 Å². The molecule has 3 heteroatoms. The average molecular weight is 265 g/mol. The molecule has 2 aliphatic rings. The SMILES string of the molecule is O=[N+]([O-])[C@@H]1[C@H]2Cc3ccccc3[C@H]2[C@H]1c1ccccc1. The van der Waals surface area contributed by atoms with Crippen molar-refractivity contribution in [3.63, 3.8) is 0 Å². The fourth-order valence-electron chi connectivity index (χ4n) is 4.15. The lowest BCUT2D eigenvalue weighted by atomic mass is 9.59. The van der Waals surface area contributed by atoms with Gasteiger partial charge in [0.2, 0.25) is 6.04 Å². The van der Waals surface area contributed by atoms with Crippen LogP contribution in [0, 0.1) is 16.0 Å². The summed E-state index contributed by atoms with van der Waals surface area (Å²) >= 11 is 0. The van der Waals surface area contributed by atoms with Crippen molar-refractivity contribution in [2.45, 2.75) is 24.3 Å². The third kappa shape index (κ3) is 1.46. The maximum atomic E-state index is 11.5. The van der Waals surface area contributed by atoms with Crippen LogP contribution >= 0.6 is 0 Å². The number of hydrogen-bond acceptors (Lipinski definition) is 2. The zero-order valence-electron chi connectivity index (χ0n) is 11.0. The van der Waals surface area contributed by atoms with E-state index in [1.165, 1.54) is 11.1 Å². The number of rotatable bonds is 2. The smallest absolute Gasteiger partial charge is 0.224 e. The number of hydrogen-bond donors (Lipinski definition) is 0. The molecule has 0 aromatic heterocycles. The number of benzene rings is 2. The summed E-state index contributed by atoms with van der Waals surface area (Å²) < 4.78 is 0. The van der Waals surface area contributed by atoms with Gasteiger partial charge >= 0.3 is 0 Å². The molecule has 100 valence electrons. The highest BCUT2D eigenvalue weighted by atomic mass is 16.6. The Balaban J connectivity index is 1.79. The summed E-state index contributed by atoms with van der Waals surface area (Å²) in [5.74, 6) is 0.524. The fraction of sp³-hybridized carbons (Fsp3) is 0.294. The maximum Gasteiger partial charge on any atom is 0.224 e. The topological polar surface area (TPSA) is 43.1 Å². The van der Waals surface area contributed by atoms with Crippen LogP contribution in [0.5, 0.6) is 0 Å². The highest BCUT2D eigenvalue weighted by Gasteiger charge is 2.61. The molecule has 0 radical (unpaired) electrons. The first-order valence-corrected chi connectivity index (χ1v) is 7.03. The second-order valence-corrected chi connectivity index (χ2v) is 5.80. The fourth-order valence-corrected chi connectivity index (χ4v) is 4.15. The van der Waals surface area contributed by atoms with Crippen LogP contribution in [0.15, 0.2) is 54.6 Å². The van der Waals surface area contributed by atoms with E-state index in [1.807, 2.05) is 42.5 Å². The molecule has 1 fully saturated rings. The van der Waals surface area contributed by atoms with E-state index in [4.69, 9.17) is 0 Å². The van der Waals surface area contributed by atoms with Gasteiger partial charge in [0.1, 0.15) is 0 Å². The van der Waals surface area contributed by atoms with Gasteiger partial charge in [0.05, 0.1) is 5.92 Å². The van der Waals surface area contributed by atoms with E-state index in [2.05, 4.69) is 12.1 Å². The predicted octanol–water partition coefficient (Wildman–Crippen LogP) is 3.39. The van der Waals surface area contributed by atoms with Crippen molar-refractivity contribution >= 4 is 0 Å². The summed E-state index contributed by atoms with van der Waals surface area (Å²) in [6.45, 7) is 0. The monoisotopic (exact) mass is 265 g/mol. The molecule has 0 N–H and O–H groups in total. The van der Waals surface area contributed by atoms with E-state index in [0.29, 0.717) is 5.92 Å². The van der Waals surface area contributed by atoms with E-state index >= 15 is 0 Å². The van der Waals surface area contributed by atoms with Crippen molar-refractivity contribution in [3.8, 4) is 0 Å². The van der Waals surface area contributed by atoms with Crippen LogP contribution < -0.4 is 0 Å². The van der Waals surface area contributed by atoms with Crippen molar-refractivity contribution in [2.75, 3.05) is 0 Å². The van der Waals surface area contributed by atoms with Gasteiger partial charge in [-0.05, 0) is 23.1 Å². The standard InChI is InChI=1S/C17H15NO2/c19-18(20)17-14-10-12-8-4-5-9-13(12)16(14)15(17)11-6-2-1-3-7-11/h1-9,14-17H,10H2/t14-,15+,16+,17+/m0/s1. The Morgan fingerprint density at radius 2 is 1.65 bits per heavy atom. The number of nitrogens with zero attached hydrogens (tertiary/aromatic N) is 1. The summed E-state index contributed by atoms with van der Waals surface area (Å²) in [6.07, 6.45) is 0.857. The van der Waals surface area contributed by atoms with Gasteiger partial charge in [0.15, 0.2) is 0 Å². The van der Waals surface area contributed by atoms with Crippen LogP contribution in [-0.2, 0) is 6.42 Å². The zero-order valence-corrected chi connectivity index (χ0v) is 11.0. The minimum atomic E-state index is -0.435. The minimum Gasteiger partial charge on any atom is -0.264 e. The van der Waals surface area contributed by atoms with Crippen LogP contribution in [0.2, 0.25) is 0 Å². The molecule has 0 spiro atoms. The van der Waals surface area contributed by atoms with Crippen molar-refractivity contribution in [1.82, 2.24) is 0 Å². The van der Waals surface area contributed by atoms with Gasteiger partial charge in [-0.1, -0.05) is 54.6 Å². The van der Waals surface area contributed by atoms with Crippen molar-refractivity contribution in [2.24, 2.45) is 5.92 Å². The Morgan fingerprint density at radius 3 is 2.40 bits per heavy atom. The Labute approximate surface area is 117 Å². The Hall–Kier alpha value is -2.16. The number of nitro groups is 1. The molecule has 1 saturated carbocycles. The summed E-state index contributed by atoms with van der Waals surface area (Å²) in [4.78, 5) is 11.4. The molecule has 0 heterocycles. The maximum absolute atomic E-state index is 11.5. The third-order valence-electron chi connectivity index (χ3n) is 4.95. The van der Waals surface area contributed by atoms with Crippen molar-refractivity contribution in [3.05, 3.63) is 81.4 Å². The minimum absolute atomic E-state index is 0.0276. The molecule has 2 aromatic rings. The molecular formula is C17H15NO2. The molecule has 4 atom stereocenters. The lowest BCUT2D eigenvalue weighted by Crippen LogP contribution is -2.50. The van der Waals surface area contributed by atoms with Gasteiger partial charge in [0, 0.05) is 16.8 Å². The molecule has 0 aliphatic heterocycles. The third-order valence-corrected chi connectivity index (χ3v) is 4.95. The Kier molecular flexibility index (Phi) is 2.43. The van der Waals surface area contributed by atoms with Gasteiger partial charge in [-0.25, -0.2) is 0 Å². The molecule has 0 bridgehead atoms. The summed E-state index contributed by atoms with van der Waals surface area (Å²) in [5, 5.41) is 11.5. The average Bonchev–Trinajstić information content (AvgIpc) is 2.74. The number of fused-ring (bicyclic) bond motifs is 3. The molecule has 20 heavy (non-hydrogen) atoms. The largest absolute Gasteiger partial charge is 0.264 e. The second-order valence-electron chi connectivity index (χ2n) is 5.80. The molecule has 2 aliphatic carbocycles. The van der Waals surface area contributed by atoms with E-state index in [-0.39, 0.29) is 16.8 Å². The lowest BCUT2D eigenvalue weighted by molar-refractivity contribution is -0.554. The van der Waals surface area contributed by atoms with Gasteiger partial charge in [-0.15, -0.1) is 0 Å². The van der Waals surface area contributed by atoms with Gasteiger partial charge in [-0.3, -0.25) is 10.1 Å². The first-order chi connectivity index (χ1) is 9.77. The molecule has 2 aromatic carbocycles. The quantitative estimate of drug-likeness (QED) is 0.617. The highest BCUT2D eigenvalue weighted by Crippen LogP contribution is 2.60. The molecular weight excluding hydrogens is 250 g/mol. The van der Waals surface area contributed by atoms with Crippen LogP contribution in [-0.4, -0.2) is 11.0 Å². The van der Waals surface area contributed by atoms with Crippen LogP contribution in [0.3, 0.4) is 0 Å².